The van der Waals surface area contributed by atoms with Gasteiger partial charge in [-0.25, -0.2) is 0 Å². The highest BCUT2D eigenvalue weighted by atomic mass is 35.5. The lowest BCUT2D eigenvalue weighted by molar-refractivity contribution is 0.0607. The summed E-state index contributed by atoms with van der Waals surface area (Å²) in [6.45, 7) is 6.19. The fraction of sp³-hybridized carbons (Fsp3) is 0.600. The van der Waals surface area contributed by atoms with Gasteiger partial charge in [-0.05, 0) is 43.0 Å². The lowest BCUT2D eigenvalue weighted by atomic mass is 9.92. The van der Waals surface area contributed by atoms with Crippen molar-refractivity contribution in [1.29, 1.82) is 0 Å². The quantitative estimate of drug-likeness (QED) is 0.867. The van der Waals surface area contributed by atoms with Crippen LogP contribution >= 0.6 is 23.2 Å². The summed E-state index contributed by atoms with van der Waals surface area (Å²) in [5.74, 6) is 0.543. The lowest BCUT2D eigenvalue weighted by Gasteiger charge is -2.28. The van der Waals surface area contributed by atoms with Crippen molar-refractivity contribution in [3.63, 3.8) is 0 Å². The van der Waals surface area contributed by atoms with Gasteiger partial charge >= 0.3 is 0 Å². The summed E-state index contributed by atoms with van der Waals surface area (Å²) < 4.78 is 5.91. The molecule has 0 aliphatic carbocycles. The standard InChI is InChI=1S/C15H21Cl2NO/c1-3-7-18-14(15-10(2)6-8-19-15)12-5-4-11(16)9-13(12)17/h4-5,9-10,14-15,18H,3,6-8H2,1-2H3. The van der Waals surface area contributed by atoms with E-state index in [9.17, 15) is 0 Å². The van der Waals surface area contributed by atoms with Crippen molar-refractivity contribution in [1.82, 2.24) is 5.32 Å². The Balaban J connectivity index is 2.25. The molecule has 0 aromatic heterocycles. The largest absolute Gasteiger partial charge is 0.376 e. The predicted octanol–water partition coefficient (Wildman–Crippen LogP) is 4.46. The number of hydrogen-bond donors (Lipinski definition) is 1. The van der Waals surface area contributed by atoms with Gasteiger partial charge in [0.25, 0.3) is 0 Å². The van der Waals surface area contributed by atoms with Gasteiger partial charge in [-0.2, -0.15) is 0 Å². The third-order valence-electron chi connectivity index (χ3n) is 3.68. The number of halogens is 2. The summed E-state index contributed by atoms with van der Waals surface area (Å²) in [7, 11) is 0. The summed E-state index contributed by atoms with van der Waals surface area (Å²) >= 11 is 12.3. The van der Waals surface area contributed by atoms with Gasteiger partial charge in [-0.3, -0.25) is 0 Å². The van der Waals surface area contributed by atoms with Crippen molar-refractivity contribution in [2.75, 3.05) is 13.2 Å². The molecule has 0 amide bonds. The van der Waals surface area contributed by atoms with E-state index in [1.54, 1.807) is 6.07 Å². The Hall–Kier alpha value is -0.280. The van der Waals surface area contributed by atoms with E-state index in [1.807, 2.05) is 12.1 Å². The highest BCUT2D eigenvalue weighted by Crippen LogP contribution is 2.35. The number of rotatable bonds is 5. The number of hydrogen-bond acceptors (Lipinski definition) is 2. The maximum Gasteiger partial charge on any atom is 0.0796 e. The summed E-state index contributed by atoms with van der Waals surface area (Å²) in [6.07, 6.45) is 2.38. The first-order valence-corrected chi connectivity index (χ1v) is 7.69. The van der Waals surface area contributed by atoms with Crippen LogP contribution in [0.1, 0.15) is 38.3 Å². The molecule has 0 bridgehead atoms. The molecule has 2 rings (SSSR count). The Morgan fingerprint density at radius 3 is 2.79 bits per heavy atom. The molecule has 1 saturated heterocycles. The van der Waals surface area contributed by atoms with Crippen LogP contribution in [-0.2, 0) is 4.74 Å². The lowest BCUT2D eigenvalue weighted by Crippen LogP contribution is -2.35. The van der Waals surface area contributed by atoms with Crippen molar-refractivity contribution in [2.45, 2.75) is 38.8 Å². The van der Waals surface area contributed by atoms with Gasteiger partial charge < -0.3 is 10.1 Å². The maximum atomic E-state index is 6.35. The van der Waals surface area contributed by atoms with Gasteiger partial charge in [0.15, 0.2) is 0 Å². The van der Waals surface area contributed by atoms with Gasteiger partial charge in [0.1, 0.15) is 0 Å². The van der Waals surface area contributed by atoms with Crippen LogP contribution in [-0.4, -0.2) is 19.3 Å². The highest BCUT2D eigenvalue weighted by Gasteiger charge is 2.33. The van der Waals surface area contributed by atoms with Crippen LogP contribution in [0.3, 0.4) is 0 Å². The van der Waals surface area contributed by atoms with Crippen molar-refractivity contribution < 1.29 is 4.74 Å². The number of nitrogens with one attached hydrogen (secondary N) is 1. The van der Waals surface area contributed by atoms with E-state index in [2.05, 4.69) is 19.2 Å². The second-order valence-corrected chi connectivity index (χ2v) is 6.04. The van der Waals surface area contributed by atoms with E-state index in [1.165, 1.54) is 0 Å². The Labute approximate surface area is 125 Å². The molecule has 1 aliphatic rings. The second kappa shape index (κ2) is 6.94. The van der Waals surface area contributed by atoms with E-state index in [0.29, 0.717) is 16.0 Å². The normalized spacial score (nSPS) is 24.6. The molecule has 3 unspecified atom stereocenters. The average molecular weight is 302 g/mol. The molecule has 1 heterocycles. The second-order valence-electron chi connectivity index (χ2n) is 5.20. The van der Waals surface area contributed by atoms with E-state index in [0.717, 1.165) is 31.6 Å². The molecule has 3 atom stereocenters. The monoisotopic (exact) mass is 301 g/mol. The van der Waals surface area contributed by atoms with Crippen LogP contribution in [0.2, 0.25) is 10.0 Å². The van der Waals surface area contributed by atoms with Crippen LogP contribution < -0.4 is 5.32 Å². The third-order valence-corrected chi connectivity index (χ3v) is 4.25. The Morgan fingerprint density at radius 2 is 2.21 bits per heavy atom. The zero-order valence-corrected chi connectivity index (χ0v) is 13.0. The first-order chi connectivity index (χ1) is 9.13. The van der Waals surface area contributed by atoms with Crippen molar-refractivity contribution >= 4 is 23.2 Å². The molecule has 0 spiro atoms. The van der Waals surface area contributed by atoms with Gasteiger partial charge in [0.05, 0.1) is 12.1 Å². The molecule has 0 saturated carbocycles. The molecule has 19 heavy (non-hydrogen) atoms. The van der Waals surface area contributed by atoms with Crippen molar-refractivity contribution in [3.05, 3.63) is 33.8 Å². The Morgan fingerprint density at radius 1 is 1.42 bits per heavy atom. The van der Waals surface area contributed by atoms with Crippen LogP contribution in [0.4, 0.5) is 0 Å². The van der Waals surface area contributed by atoms with Crippen LogP contribution in [0.5, 0.6) is 0 Å². The summed E-state index contributed by atoms with van der Waals surface area (Å²) in [5.41, 5.74) is 1.08. The van der Waals surface area contributed by atoms with E-state index < -0.39 is 0 Å². The minimum Gasteiger partial charge on any atom is -0.376 e. The van der Waals surface area contributed by atoms with Crippen LogP contribution in [0.15, 0.2) is 18.2 Å². The average Bonchev–Trinajstić information content (AvgIpc) is 2.78. The molecular weight excluding hydrogens is 281 g/mol. The minimum absolute atomic E-state index is 0.141. The molecule has 0 radical (unpaired) electrons. The predicted molar refractivity (Wildman–Crippen MR) is 81.0 cm³/mol. The molecule has 1 N–H and O–H groups in total. The molecule has 106 valence electrons. The van der Waals surface area contributed by atoms with Gasteiger partial charge in [-0.15, -0.1) is 0 Å². The highest BCUT2D eigenvalue weighted by molar-refractivity contribution is 6.35. The Kier molecular flexibility index (Phi) is 5.52. The molecular formula is C15H21Cl2NO. The van der Waals surface area contributed by atoms with Crippen molar-refractivity contribution in [2.24, 2.45) is 5.92 Å². The van der Waals surface area contributed by atoms with Gasteiger partial charge in [0.2, 0.25) is 0 Å². The fourth-order valence-corrected chi connectivity index (χ4v) is 3.13. The smallest absolute Gasteiger partial charge is 0.0796 e. The fourth-order valence-electron chi connectivity index (χ4n) is 2.60. The maximum absolute atomic E-state index is 6.35. The first kappa shape index (κ1) is 15.1. The SMILES string of the molecule is CCCNC(c1ccc(Cl)cc1Cl)C1OCCC1C. The topological polar surface area (TPSA) is 21.3 Å². The number of benzene rings is 1. The molecule has 1 aliphatic heterocycles. The summed E-state index contributed by atoms with van der Waals surface area (Å²) in [6, 6.07) is 5.84. The molecule has 2 nitrogen and oxygen atoms in total. The molecule has 1 fully saturated rings. The third kappa shape index (κ3) is 3.63. The van der Waals surface area contributed by atoms with E-state index >= 15 is 0 Å². The van der Waals surface area contributed by atoms with Gasteiger partial charge in [-0.1, -0.05) is 43.1 Å². The molecule has 4 heteroatoms. The summed E-state index contributed by atoms with van der Waals surface area (Å²) in [4.78, 5) is 0. The van der Waals surface area contributed by atoms with Gasteiger partial charge in [0, 0.05) is 16.7 Å². The first-order valence-electron chi connectivity index (χ1n) is 6.93. The minimum atomic E-state index is 0.141. The van der Waals surface area contributed by atoms with Crippen molar-refractivity contribution in [3.8, 4) is 0 Å². The van der Waals surface area contributed by atoms with Crippen LogP contribution in [0, 0.1) is 5.92 Å². The zero-order chi connectivity index (χ0) is 13.8. The van der Waals surface area contributed by atoms with E-state index in [-0.39, 0.29) is 12.1 Å². The Bertz CT molecular complexity index is 425. The van der Waals surface area contributed by atoms with Crippen LogP contribution in [0.25, 0.3) is 0 Å². The summed E-state index contributed by atoms with van der Waals surface area (Å²) in [5, 5.41) is 4.95. The number of ether oxygens (including phenoxy) is 1. The molecule has 1 aromatic rings. The molecule has 1 aromatic carbocycles. The zero-order valence-electron chi connectivity index (χ0n) is 11.5. The van der Waals surface area contributed by atoms with E-state index in [4.69, 9.17) is 27.9 Å².